The summed E-state index contributed by atoms with van der Waals surface area (Å²) in [5.74, 6) is 0.405. The van der Waals surface area contributed by atoms with Gasteiger partial charge in [-0.15, -0.1) is 0 Å². The molecule has 1 N–H and O–H groups in total. The zero-order valence-corrected chi connectivity index (χ0v) is 10.1. The zero-order chi connectivity index (χ0) is 12.7. The molecule has 1 atom stereocenters. The van der Waals surface area contributed by atoms with Crippen LogP contribution in [0.15, 0.2) is 24.3 Å². The molecule has 4 nitrogen and oxygen atoms in total. The van der Waals surface area contributed by atoms with Crippen molar-refractivity contribution < 1.29 is 9.53 Å². The standard InChI is InChI=1S/C13H16N2O2/c1-3-10(2)17-12-6-4-5-11(9-12)15-13(16)7-8-14/h4-6,9-10H,3,7H2,1-2H3,(H,15,16). The van der Waals surface area contributed by atoms with Crippen molar-refractivity contribution in [1.82, 2.24) is 0 Å². The van der Waals surface area contributed by atoms with Gasteiger partial charge < -0.3 is 10.1 Å². The first-order chi connectivity index (χ1) is 8.15. The van der Waals surface area contributed by atoms with Gasteiger partial charge in [-0.3, -0.25) is 4.79 Å². The van der Waals surface area contributed by atoms with Crippen molar-refractivity contribution in [2.75, 3.05) is 5.32 Å². The van der Waals surface area contributed by atoms with E-state index < -0.39 is 0 Å². The van der Waals surface area contributed by atoms with Crippen LogP contribution in [0.4, 0.5) is 5.69 Å². The van der Waals surface area contributed by atoms with Crippen LogP contribution in [0.2, 0.25) is 0 Å². The topological polar surface area (TPSA) is 62.1 Å². The number of carbonyl (C=O) groups excluding carboxylic acids is 1. The summed E-state index contributed by atoms with van der Waals surface area (Å²) in [6.45, 7) is 4.03. The lowest BCUT2D eigenvalue weighted by Crippen LogP contribution is -2.12. The van der Waals surface area contributed by atoms with E-state index in [0.717, 1.165) is 6.42 Å². The van der Waals surface area contributed by atoms with Crippen LogP contribution in [-0.2, 0) is 4.79 Å². The molecule has 1 amide bonds. The Morgan fingerprint density at radius 3 is 3.00 bits per heavy atom. The van der Waals surface area contributed by atoms with E-state index in [2.05, 4.69) is 5.32 Å². The lowest BCUT2D eigenvalue weighted by molar-refractivity contribution is -0.115. The quantitative estimate of drug-likeness (QED) is 0.849. The van der Waals surface area contributed by atoms with E-state index in [1.165, 1.54) is 0 Å². The largest absolute Gasteiger partial charge is 0.491 e. The molecule has 1 aromatic carbocycles. The Hall–Kier alpha value is -2.02. The third kappa shape index (κ3) is 4.56. The molecule has 4 heteroatoms. The first-order valence-electron chi connectivity index (χ1n) is 5.59. The molecule has 0 saturated carbocycles. The van der Waals surface area contributed by atoms with Gasteiger partial charge in [0.15, 0.2) is 0 Å². The second-order valence-corrected chi connectivity index (χ2v) is 3.75. The number of nitriles is 1. The summed E-state index contributed by atoms with van der Waals surface area (Å²) in [6.07, 6.45) is 0.918. The molecule has 0 aliphatic heterocycles. The summed E-state index contributed by atoms with van der Waals surface area (Å²) >= 11 is 0. The van der Waals surface area contributed by atoms with Gasteiger partial charge in [-0.1, -0.05) is 13.0 Å². The van der Waals surface area contributed by atoms with Gasteiger partial charge in [-0.05, 0) is 25.5 Å². The lowest BCUT2D eigenvalue weighted by Gasteiger charge is -2.13. The maximum Gasteiger partial charge on any atom is 0.238 e. The van der Waals surface area contributed by atoms with Crippen LogP contribution < -0.4 is 10.1 Å². The monoisotopic (exact) mass is 232 g/mol. The van der Waals surface area contributed by atoms with Crippen LogP contribution in [-0.4, -0.2) is 12.0 Å². The number of hydrogen-bond acceptors (Lipinski definition) is 3. The summed E-state index contributed by atoms with van der Waals surface area (Å²) < 4.78 is 5.63. The number of nitrogens with zero attached hydrogens (tertiary/aromatic N) is 1. The van der Waals surface area contributed by atoms with Crippen LogP contribution in [0, 0.1) is 11.3 Å². The van der Waals surface area contributed by atoms with Gasteiger partial charge in [0.1, 0.15) is 12.2 Å². The Kier molecular flexibility index (Phi) is 5.02. The summed E-state index contributed by atoms with van der Waals surface area (Å²) in [5, 5.41) is 11.0. The van der Waals surface area contributed by atoms with E-state index in [0.29, 0.717) is 11.4 Å². The fourth-order valence-corrected chi connectivity index (χ4v) is 1.24. The average Bonchev–Trinajstić information content (AvgIpc) is 2.29. The molecule has 0 fully saturated rings. The number of amides is 1. The van der Waals surface area contributed by atoms with E-state index >= 15 is 0 Å². The highest BCUT2D eigenvalue weighted by Gasteiger charge is 2.04. The second kappa shape index (κ2) is 6.54. The lowest BCUT2D eigenvalue weighted by atomic mass is 10.2. The first-order valence-corrected chi connectivity index (χ1v) is 5.59. The Bertz CT molecular complexity index is 424. The van der Waals surface area contributed by atoms with Gasteiger partial charge in [-0.2, -0.15) is 5.26 Å². The molecule has 0 aliphatic carbocycles. The molecule has 17 heavy (non-hydrogen) atoms. The molecule has 0 spiro atoms. The predicted molar refractivity (Wildman–Crippen MR) is 65.7 cm³/mol. The molecular formula is C13H16N2O2. The molecule has 1 rings (SSSR count). The molecule has 0 radical (unpaired) electrons. The number of hydrogen-bond donors (Lipinski definition) is 1. The third-order valence-corrected chi connectivity index (χ3v) is 2.27. The minimum atomic E-state index is -0.312. The van der Waals surface area contributed by atoms with Crippen LogP contribution in [0.5, 0.6) is 5.75 Å². The van der Waals surface area contributed by atoms with Gasteiger partial charge >= 0.3 is 0 Å². The third-order valence-electron chi connectivity index (χ3n) is 2.27. The first kappa shape index (κ1) is 13.0. The number of carbonyl (C=O) groups is 1. The molecule has 0 bridgehead atoms. The predicted octanol–water partition coefficient (Wildman–Crippen LogP) is 2.72. The minimum Gasteiger partial charge on any atom is -0.491 e. The normalized spacial score (nSPS) is 11.4. The molecule has 1 unspecified atom stereocenters. The Morgan fingerprint density at radius 2 is 2.35 bits per heavy atom. The molecule has 1 aromatic rings. The molecule has 0 saturated heterocycles. The van der Waals surface area contributed by atoms with E-state index in [4.69, 9.17) is 10.00 Å². The Balaban J connectivity index is 2.66. The fraction of sp³-hybridized carbons (Fsp3) is 0.385. The second-order valence-electron chi connectivity index (χ2n) is 3.75. The van der Waals surface area contributed by atoms with Crippen molar-refractivity contribution in [3.63, 3.8) is 0 Å². The maximum atomic E-state index is 11.2. The van der Waals surface area contributed by atoms with E-state index in [-0.39, 0.29) is 18.4 Å². The van der Waals surface area contributed by atoms with Crippen molar-refractivity contribution in [2.24, 2.45) is 0 Å². The molecule has 0 aliphatic rings. The number of ether oxygens (including phenoxy) is 1. The Morgan fingerprint density at radius 1 is 1.59 bits per heavy atom. The number of anilines is 1. The molecule has 90 valence electrons. The Labute approximate surface area is 101 Å². The summed E-state index contributed by atoms with van der Waals surface area (Å²) in [4.78, 5) is 11.2. The SMILES string of the molecule is CCC(C)Oc1cccc(NC(=O)CC#N)c1. The number of benzene rings is 1. The van der Waals surface area contributed by atoms with Crippen LogP contribution in [0.1, 0.15) is 26.7 Å². The smallest absolute Gasteiger partial charge is 0.238 e. The van der Waals surface area contributed by atoms with Crippen LogP contribution in [0.3, 0.4) is 0 Å². The number of rotatable bonds is 5. The maximum absolute atomic E-state index is 11.2. The molecule has 0 aromatic heterocycles. The molecule has 0 heterocycles. The van der Waals surface area contributed by atoms with E-state index in [1.807, 2.05) is 19.9 Å². The zero-order valence-electron chi connectivity index (χ0n) is 10.1. The van der Waals surface area contributed by atoms with E-state index in [9.17, 15) is 4.79 Å². The molecular weight excluding hydrogens is 216 g/mol. The average molecular weight is 232 g/mol. The highest BCUT2D eigenvalue weighted by Crippen LogP contribution is 2.19. The summed E-state index contributed by atoms with van der Waals surface area (Å²) in [6, 6.07) is 8.96. The minimum absolute atomic E-state index is 0.139. The van der Waals surface area contributed by atoms with Gasteiger partial charge in [0, 0.05) is 11.8 Å². The van der Waals surface area contributed by atoms with Crippen molar-refractivity contribution in [3.05, 3.63) is 24.3 Å². The fourth-order valence-electron chi connectivity index (χ4n) is 1.24. The summed E-state index contributed by atoms with van der Waals surface area (Å²) in [5.41, 5.74) is 0.644. The van der Waals surface area contributed by atoms with Crippen molar-refractivity contribution in [1.29, 1.82) is 5.26 Å². The number of nitrogens with one attached hydrogen (secondary N) is 1. The van der Waals surface area contributed by atoms with Gasteiger partial charge in [0.25, 0.3) is 0 Å². The van der Waals surface area contributed by atoms with Gasteiger partial charge in [0.05, 0.1) is 12.2 Å². The van der Waals surface area contributed by atoms with Crippen molar-refractivity contribution >= 4 is 11.6 Å². The van der Waals surface area contributed by atoms with E-state index in [1.54, 1.807) is 24.3 Å². The van der Waals surface area contributed by atoms with Crippen molar-refractivity contribution in [3.8, 4) is 11.8 Å². The van der Waals surface area contributed by atoms with Crippen LogP contribution >= 0.6 is 0 Å². The van der Waals surface area contributed by atoms with Crippen LogP contribution in [0.25, 0.3) is 0 Å². The van der Waals surface area contributed by atoms with Crippen molar-refractivity contribution in [2.45, 2.75) is 32.8 Å². The summed E-state index contributed by atoms with van der Waals surface area (Å²) in [7, 11) is 0. The van der Waals surface area contributed by atoms with Gasteiger partial charge in [-0.25, -0.2) is 0 Å². The van der Waals surface area contributed by atoms with Gasteiger partial charge in [0.2, 0.25) is 5.91 Å². The highest BCUT2D eigenvalue weighted by molar-refractivity contribution is 5.92. The highest BCUT2D eigenvalue weighted by atomic mass is 16.5.